The molecule has 10 rings (SSSR count). The zero-order valence-corrected chi connectivity index (χ0v) is 27.1. The highest BCUT2D eigenvalue weighted by molar-refractivity contribution is 6.11. The number of fused-ring (bicyclic) bond motifs is 6. The van der Waals surface area contributed by atoms with Gasteiger partial charge in [0.15, 0.2) is 0 Å². The lowest BCUT2D eigenvalue weighted by atomic mass is 10.0. The molecule has 4 heteroatoms. The largest absolute Gasteiger partial charge is 0.309 e. The summed E-state index contributed by atoms with van der Waals surface area (Å²) in [4.78, 5) is 10.2. The summed E-state index contributed by atoms with van der Waals surface area (Å²) in [6, 6.07) is 62.4. The molecule has 0 aliphatic rings. The van der Waals surface area contributed by atoms with E-state index in [1.54, 1.807) is 0 Å². The van der Waals surface area contributed by atoms with E-state index in [9.17, 15) is 0 Å². The molecule has 4 nitrogen and oxygen atoms in total. The van der Waals surface area contributed by atoms with Crippen molar-refractivity contribution >= 4 is 43.6 Å². The number of hydrogen-bond donors (Lipinski definition) is 0. The molecule has 0 fully saturated rings. The van der Waals surface area contributed by atoms with Crippen LogP contribution < -0.4 is 0 Å². The average Bonchev–Trinajstić information content (AvgIpc) is 3.71. The van der Waals surface area contributed by atoms with E-state index in [2.05, 4.69) is 179 Å². The Morgan fingerprint density at radius 3 is 1.46 bits per heavy atom. The van der Waals surface area contributed by atoms with Crippen LogP contribution in [0.4, 0.5) is 0 Å². The molecule has 50 heavy (non-hydrogen) atoms. The first-order chi connectivity index (χ1) is 24.8. The third-order valence-corrected chi connectivity index (χ3v) is 9.80. The van der Waals surface area contributed by atoms with Gasteiger partial charge in [0.05, 0.1) is 27.8 Å². The molecule has 0 radical (unpaired) electrons. The molecular formula is C46H30N4. The molecule has 234 valence electrons. The molecule has 0 aliphatic carbocycles. The molecule has 10 aromatic rings. The third kappa shape index (κ3) is 4.54. The minimum Gasteiger partial charge on any atom is -0.309 e. The molecule has 0 atom stereocenters. The molecule has 0 aliphatic heterocycles. The Balaban J connectivity index is 1.17. The predicted octanol–water partition coefficient (Wildman–Crippen LogP) is 11.7. The quantitative estimate of drug-likeness (QED) is 0.188. The Bertz CT molecular complexity index is 2710. The first kappa shape index (κ1) is 28.3. The molecular weight excluding hydrogens is 609 g/mol. The SMILES string of the molecule is c1ccc(-c2ccc3c4ccc(-c5ccccc5)cc4n(-c4nccc(-c5cccc(-n6c7ccccc7c7ccccc76)c5)n4)c3c2)cc1. The van der Waals surface area contributed by atoms with Crippen LogP contribution in [0.5, 0.6) is 0 Å². The highest BCUT2D eigenvalue weighted by Crippen LogP contribution is 2.37. The van der Waals surface area contributed by atoms with Gasteiger partial charge in [-0.15, -0.1) is 0 Å². The summed E-state index contributed by atoms with van der Waals surface area (Å²) in [7, 11) is 0. The van der Waals surface area contributed by atoms with Gasteiger partial charge < -0.3 is 4.57 Å². The highest BCUT2D eigenvalue weighted by atomic mass is 15.2. The number of aromatic nitrogens is 4. The van der Waals surface area contributed by atoms with Gasteiger partial charge in [-0.3, -0.25) is 4.57 Å². The fourth-order valence-corrected chi connectivity index (χ4v) is 7.48. The first-order valence-electron chi connectivity index (χ1n) is 16.9. The van der Waals surface area contributed by atoms with Crippen LogP contribution in [0.1, 0.15) is 0 Å². The van der Waals surface area contributed by atoms with Gasteiger partial charge in [0, 0.05) is 39.0 Å². The summed E-state index contributed by atoms with van der Waals surface area (Å²) in [5, 5.41) is 4.83. The van der Waals surface area contributed by atoms with Crippen LogP contribution in [0.15, 0.2) is 182 Å². The number of benzene rings is 7. The lowest BCUT2D eigenvalue weighted by Gasteiger charge is -2.12. The lowest BCUT2D eigenvalue weighted by Crippen LogP contribution is -2.02. The zero-order chi connectivity index (χ0) is 33.0. The molecule has 0 bridgehead atoms. The monoisotopic (exact) mass is 638 g/mol. The topological polar surface area (TPSA) is 35.6 Å². The van der Waals surface area contributed by atoms with Crippen molar-refractivity contribution in [1.29, 1.82) is 0 Å². The van der Waals surface area contributed by atoms with Crippen molar-refractivity contribution in [3.63, 3.8) is 0 Å². The minimum absolute atomic E-state index is 0.639. The van der Waals surface area contributed by atoms with E-state index in [4.69, 9.17) is 9.97 Å². The predicted molar refractivity (Wildman–Crippen MR) is 207 cm³/mol. The first-order valence-corrected chi connectivity index (χ1v) is 16.9. The van der Waals surface area contributed by atoms with Crippen LogP contribution in [0.25, 0.3) is 88.8 Å². The normalized spacial score (nSPS) is 11.6. The fraction of sp³-hybridized carbons (Fsp3) is 0. The van der Waals surface area contributed by atoms with Crippen LogP contribution in [0.3, 0.4) is 0 Å². The van der Waals surface area contributed by atoms with Gasteiger partial charge in [-0.25, -0.2) is 9.97 Å². The van der Waals surface area contributed by atoms with Crippen molar-refractivity contribution in [2.24, 2.45) is 0 Å². The molecule has 3 heterocycles. The number of nitrogens with zero attached hydrogens (tertiary/aromatic N) is 4. The van der Waals surface area contributed by atoms with E-state index in [1.165, 1.54) is 43.7 Å². The molecule has 7 aromatic carbocycles. The van der Waals surface area contributed by atoms with E-state index in [1.807, 2.05) is 12.3 Å². The summed E-state index contributed by atoms with van der Waals surface area (Å²) in [5.41, 5.74) is 12.2. The second kappa shape index (κ2) is 11.4. The van der Waals surface area contributed by atoms with Crippen LogP contribution in [-0.4, -0.2) is 19.1 Å². The Morgan fingerprint density at radius 1 is 0.340 bits per heavy atom. The number of rotatable bonds is 5. The summed E-state index contributed by atoms with van der Waals surface area (Å²) in [5.74, 6) is 0.639. The van der Waals surface area contributed by atoms with Gasteiger partial charge >= 0.3 is 0 Å². The van der Waals surface area contributed by atoms with Gasteiger partial charge in [-0.1, -0.05) is 133 Å². The van der Waals surface area contributed by atoms with Gasteiger partial charge in [0.1, 0.15) is 0 Å². The van der Waals surface area contributed by atoms with Crippen molar-refractivity contribution in [2.75, 3.05) is 0 Å². The molecule has 0 unspecified atom stereocenters. The standard InChI is InChI=1S/C46H30N4/c1-3-12-31(13-4-1)33-22-24-39-40-25-23-34(32-14-5-2-6-15-32)30-45(40)50(44(39)29-33)46-47-27-26-41(48-46)35-16-11-17-36(28-35)49-42-20-9-7-18-37(42)38-19-8-10-21-43(38)49/h1-30H. The molecule has 0 saturated heterocycles. The van der Waals surface area contributed by atoms with Gasteiger partial charge in [0.2, 0.25) is 5.95 Å². The Morgan fingerprint density at radius 2 is 0.860 bits per heavy atom. The van der Waals surface area contributed by atoms with Crippen LogP contribution in [0, 0.1) is 0 Å². The van der Waals surface area contributed by atoms with E-state index in [0.717, 1.165) is 39.1 Å². The van der Waals surface area contributed by atoms with Gasteiger partial charge in [0.25, 0.3) is 0 Å². The van der Waals surface area contributed by atoms with Crippen molar-refractivity contribution in [3.05, 3.63) is 182 Å². The second-order valence-corrected chi connectivity index (χ2v) is 12.7. The maximum atomic E-state index is 5.28. The lowest BCUT2D eigenvalue weighted by molar-refractivity contribution is 0.992. The summed E-state index contributed by atoms with van der Waals surface area (Å²) in [6.45, 7) is 0. The smallest absolute Gasteiger partial charge is 0.235 e. The summed E-state index contributed by atoms with van der Waals surface area (Å²) >= 11 is 0. The maximum absolute atomic E-state index is 5.28. The Kier molecular flexibility index (Phi) is 6.46. The zero-order valence-electron chi connectivity index (χ0n) is 27.1. The highest BCUT2D eigenvalue weighted by Gasteiger charge is 2.18. The molecule has 0 amide bonds. The Hall–Kier alpha value is -6.78. The summed E-state index contributed by atoms with van der Waals surface area (Å²) in [6.07, 6.45) is 1.88. The fourth-order valence-electron chi connectivity index (χ4n) is 7.48. The van der Waals surface area contributed by atoms with Crippen LogP contribution in [-0.2, 0) is 0 Å². The molecule has 3 aromatic heterocycles. The summed E-state index contributed by atoms with van der Waals surface area (Å²) < 4.78 is 4.57. The van der Waals surface area contributed by atoms with E-state index < -0.39 is 0 Å². The van der Waals surface area contributed by atoms with Gasteiger partial charge in [-0.2, -0.15) is 0 Å². The minimum atomic E-state index is 0.639. The van der Waals surface area contributed by atoms with Crippen molar-refractivity contribution < 1.29 is 0 Å². The van der Waals surface area contributed by atoms with Crippen molar-refractivity contribution in [1.82, 2.24) is 19.1 Å². The molecule has 0 spiro atoms. The van der Waals surface area contributed by atoms with E-state index in [0.29, 0.717) is 5.95 Å². The van der Waals surface area contributed by atoms with Crippen LogP contribution >= 0.6 is 0 Å². The van der Waals surface area contributed by atoms with Crippen molar-refractivity contribution in [3.8, 4) is 45.1 Å². The molecule has 0 N–H and O–H groups in total. The van der Waals surface area contributed by atoms with E-state index in [-0.39, 0.29) is 0 Å². The third-order valence-electron chi connectivity index (χ3n) is 9.80. The van der Waals surface area contributed by atoms with Gasteiger partial charge in [-0.05, 0) is 64.7 Å². The number of hydrogen-bond acceptors (Lipinski definition) is 2. The Labute approximate surface area is 289 Å². The van der Waals surface area contributed by atoms with Crippen molar-refractivity contribution in [2.45, 2.75) is 0 Å². The average molecular weight is 639 g/mol. The van der Waals surface area contributed by atoms with Crippen LogP contribution in [0.2, 0.25) is 0 Å². The second-order valence-electron chi connectivity index (χ2n) is 12.7. The number of para-hydroxylation sites is 2. The van der Waals surface area contributed by atoms with E-state index >= 15 is 0 Å². The molecule has 0 saturated carbocycles. The maximum Gasteiger partial charge on any atom is 0.235 e.